The predicted octanol–water partition coefficient (Wildman–Crippen LogP) is 2.89. The largest absolute Gasteiger partial charge is 0.383 e. The minimum atomic E-state index is -0.708. The van der Waals surface area contributed by atoms with E-state index in [0.717, 1.165) is 12.0 Å². The Morgan fingerprint density at radius 2 is 1.89 bits per heavy atom. The van der Waals surface area contributed by atoms with Gasteiger partial charge in [-0.25, -0.2) is 4.79 Å². The molecule has 0 aliphatic carbocycles. The van der Waals surface area contributed by atoms with Crippen LogP contribution in [0.5, 0.6) is 0 Å². The van der Waals surface area contributed by atoms with E-state index in [2.05, 4.69) is 15.1 Å². The fourth-order valence-corrected chi connectivity index (χ4v) is 4.07. The summed E-state index contributed by atoms with van der Waals surface area (Å²) in [4.78, 5) is 46.9. The fraction of sp³-hybridized carbons (Fsp3) is 0.269. The Morgan fingerprint density at radius 3 is 2.56 bits per heavy atom. The summed E-state index contributed by atoms with van der Waals surface area (Å²) in [5.74, 6) is -0.486. The Balaban J connectivity index is 1.81. The highest BCUT2D eigenvalue weighted by Gasteiger charge is 2.28. The third kappa shape index (κ3) is 4.97. The third-order valence-electron chi connectivity index (χ3n) is 5.90. The molecule has 10 nitrogen and oxygen atoms in total. The van der Waals surface area contributed by atoms with Crippen LogP contribution in [0.25, 0.3) is 11.3 Å². The van der Waals surface area contributed by atoms with Crippen molar-refractivity contribution in [2.75, 3.05) is 17.2 Å². The van der Waals surface area contributed by atoms with Crippen LogP contribution in [0.4, 0.5) is 11.5 Å². The summed E-state index contributed by atoms with van der Waals surface area (Å²) in [6, 6.07) is 13.4. The molecule has 3 aromatic heterocycles. The maximum atomic E-state index is 13.9. The molecule has 4 rings (SSSR count). The molecule has 1 aromatic carbocycles. The van der Waals surface area contributed by atoms with Crippen molar-refractivity contribution in [1.82, 2.24) is 24.3 Å². The van der Waals surface area contributed by atoms with Crippen molar-refractivity contribution in [3.05, 3.63) is 93.0 Å². The molecule has 186 valence electrons. The van der Waals surface area contributed by atoms with Crippen molar-refractivity contribution in [1.29, 1.82) is 0 Å². The van der Waals surface area contributed by atoms with Crippen LogP contribution in [0, 0.1) is 0 Å². The monoisotopic (exact) mass is 487 g/mol. The predicted molar refractivity (Wildman–Crippen MR) is 139 cm³/mol. The van der Waals surface area contributed by atoms with Gasteiger partial charge in [0.25, 0.3) is 11.5 Å². The number of H-pyrrole nitrogens is 1. The molecule has 0 fully saturated rings. The number of aromatic nitrogens is 5. The first-order chi connectivity index (χ1) is 17.4. The SMILES string of the molecule is CCCCn1c(N)c(N(CC)C(=O)c2cn(Cc3ccccc3)nc2-c2cccnc2)c(=O)[nH]c1=O. The van der Waals surface area contributed by atoms with Gasteiger partial charge in [0.2, 0.25) is 0 Å². The van der Waals surface area contributed by atoms with Gasteiger partial charge in [-0.3, -0.25) is 28.8 Å². The van der Waals surface area contributed by atoms with E-state index in [1.165, 1.54) is 9.47 Å². The maximum absolute atomic E-state index is 13.9. The van der Waals surface area contributed by atoms with E-state index in [9.17, 15) is 14.4 Å². The highest BCUT2D eigenvalue weighted by Crippen LogP contribution is 2.26. The van der Waals surface area contributed by atoms with Crippen molar-refractivity contribution in [2.45, 2.75) is 39.8 Å². The van der Waals surface area contributed by atoms with E-state index >= 15 is 0 Å². The number of hydrogen-bond acceptors (Lipinski definition) is 6. The van der Waals surface area contributed by atoms with E-state index in [1.807, 2.05) is 43.3 Å². The lowest BCUT2D eigenvalue weighted by Gasteiger charge is -2.23. The molecule has 0 unspecified atom stereocenters. The number of carbonyl (C=O) groups excluding carboxylic acids is 1. The zero-order chi connectivity index (χ0) is 25.7. The molecule has 0 radical (unpaired) electrons. The summed E-state index contributed by atoms with van der Waals surface area (Å²) < 4.78 is 2.99. The second-order valence-corrected chi connectivity index (χ2v) is 8.36. The zero-order valence-corrected chi connectivity index (χ0v) is 20.3. The number of aromatic amines is 1. The summed E-state index contributed by atoms with van der Waals surface area (Å²) in [6.07, 6.45) is 6.48. The summed E-state index contributed by atoms with van der Waals surface area (Å²) in [5, 5.41) is 4.68. The fourth-order valence-electron chi connectivity index (χ4n) is 4.07. The number of anilines is 2. The molecule has 0 bridgehead atoms. The minimum Gasteiger partial charge on any atom is -0.383 e. The quantitative estimate of drug-likeness (QED) is 0.373. The van der Waals surface area contributed by atoms with Crippen molar-refractivity contribution in [2.24, 2.45) is 0 Å². The second-order valence-electron chi connectivity index (χ2n) is 8.36. The number of nitrogens with zero attached hydrogens (tertiary/aromatic N) is 5. The smallest absolute Gasteiger partial charge is 0.330 e. The van der Waals surface area contributed by atoms with Gasteiger partial charge in [-0.05, 0) is 31.0 Å². The van der Waals surface area contributed by atoms with Crippen LogP contribution in [-0.4, -0.2) is 36.8 Å². The molecule has 4 aromatic rings. The topological polar surface area (TPSA) is 132 Å². The molecule has 3 N–H and O–H groups in total. The van der Waals surface area contributed by atoms with Gasteiger partial charge in [0.1, 0.15) is 11.5 Å². The van der Waals surface area contributed by atoms with Crippen molar-refractivity contribution in [3.63, 3.8) is 0 Å². The lowest BCUT2D eigenvalue weighted by Crippen LogP contribution is -2.41. The highest BCUT2D eigenvalue weighted by atomic mass is 16.2. The van der Waals surface area contributed by atoms with E-state index in [1.54, 1.807) is 36.3 Å². The Bertz CT molecular complexity index is 1460. The zero-order valence-electron chi connectivity index (χ0n) is 20.3. The lowest BCUT2D eigenvalue weighted by atomic mass is 10.1. The molecular weight excluding hydrogens is 458 g/mol. The van der Waals surface area contributed by atoms with Gasteiger partial charge in [0, 0.05) is 37.2 Å². The highest BCUT2D eigenvalue weighted by molar-refractivity contribution is 6.10. The van der Waals surface area contributed by atoms with Crippen molar-refractivity contribution in [3.8, 4) is 11.3 Å². The summed E-state index contributed by atoms with van der Waals surface area (Å²) in [7, 11) is 0. The van der Waals surface area contributed by atoms with Crippen LogP contribution in [0.2, 0.25) is 0 Å². The van der Waals surface area contributed by atoms with Gasteiger partial charge in [0.15, 0.2) is 5.69 Å². The van der Waals surface area contributed by atoms with Crippen LogP contribution in [0.15, 0.2) is 70.6 Å². The van der Waals surface area contributed by atoms with Gasteiger partial charge in [0.05, 0.1) is 12.1 Å². The summed E-state index contributed by atoms with van der Waals surface area (Å²) in [6.45, 7) is 4.69. The van der Waals surface area contributed by atoms with Crippen LogP contribution in [0.3, 0.4) is 0 Å². The summed E-state index contributed by atoms with van der Waals surface area (Å²) in [5.41, 5.74) is 7.37. The van der Waals surface area contributed by atoms with Gasteiger partial charge < -0.3 is 10.6 Å². The molecule has 0 atom stereocenters. The number of pyridine rings is 1. The van der Waals surface area contributed by atoms with Crippen LogP contribution in [-0.2, 0) is 13.1 Å². The molecule has 0 aliphatic rings. The average Bonchev–Trinajstić information content (AvgIpc) is 3.31. The van der Waals surface area contributed by atoms with Gasteiger partial charge in [-0.1, -0.05) is 43.7 Å². The minimum absolute atomic E-state index is 0.0352. The number of nitrogens with one attached hydrogen (secondary N) is 1. The number of carbonyl (C=O) groups is 1. The molecule has 0 saturated heterocycles. The molecule has 36 heavy (non-hydrogen) atoms. The standard InChI is InChI=1S/C26H29N7O3/c1-3-5-14-33-23(27)22(24(34)29-26(33)36)32(4-2)25(35)20-17-31(16-18-10-7-6-8-11-18)30-21(20)19-12-9-13-28-15-19/h6-13,15,17H,3-5,14,16,27H2,1-2H3,(H,29,34,36). The van der Waals surface area contributed by atoms with Crippen molar-refractivity contribution >= 4 is 17.4 Å². The number of nitrogen functional groups attached to an aromatic ring is 1. The van der Waals surface area contributed by atoms with Gasteiger partial charge >= 0.3 is 5.69 Å². The first-order valence-electron chi connectivity index (χ1n) is 11.9. The summed E-state index contributed by atoms with van der Waals surface area (Å²) >= 11 is 0. The van der Waals surface area contributed by atoms with Crippen molar-refractivity contribution < 1.29 is 4.79 Å². The first-order valence-corrected chi connectivity index (χ1v) is 11.9. The van der Waals surface area contributed by atoms with E-state index in [-0.39, 0.29) is 18.1 Å². The number of unbranched alkanes of at least 4 members (excludes halogenated alkanes) is 1. The number of rotatable bonds is 9. The number of amides is 1. The van der Waals surface area contributed by atoms with E-state index < -0.39 is 17.2 Å². The Kier molecular flexibility index (Phi) is 7.43. The molecule has 10 heteroatoms. The Morgan fingerprint density at radius 1 is 1.11 bits per heavy atom. The lowest BCUT2D eigenvalue weighted by molar-refractivity contribution is 0.0988. The second kappa shape index (κ2) is 10.9. The molecule has 0 spiro atoms. The maximum Gasteiger partial charge on any atom is 0.330 e. The van der Waals surface area contributed by atoms with Gasteiger partial charge in [-0.15, -0.1) is 0 Å². The number of hydrogen-bond donors (Lipinski definition) is 2. The normalized spacial score (nSPS) is 10.9. The van der Waals surface area contributed by atoms with E-state index in [4.69, 9.17) is 5.73 Å². The molecule has 3 heterocycles. The molecule has 0 saturated carbocycles. The molecular formula is C26H29N7O3. The molecule has 1 amide bonds. The van der Waals surface area contributed by atoms with Crippen LogP contribution >= 0.6 is 0 Å². The average molecular weight is 488 g/mol. The van der Waals surface area contributed by atoms with Crippen LogP contribution in [0.1, 0.15) is 42.6 Å². The van der Waals surface area contributed by atoms with Crippen LogP contribution < -0.4 is 21.9 Å². The number of nitrogens with two attached hydrogens (primary N) is 1. The Labute approximate surface area is 208 Å². The Hall–Kier alpha value is -4.47. The first kappa shape index (κ1) is 24.6. The van der Waals surface area contributed by atoms with E-state index in [0.29, 0.717) is 36.3 Å². The molecule has 0 aliphatic heterocycles. The number of benzene rings is 1. The third-order valence-corrected chi connectivity index (χ3v) is 5.90. The van der Waals surface area contributed by atoms with Gasteiger partial charge in [-0.2, -0.15) is 5.10 Å².